The molecule has 0 spiro atoms. The van der Waals surface area contributed by atoms with Gasteiger partial charge in [-0.25, -0.2) is 13.2 Å². The van der Waals surface area contributed by atoms with Crippen LogP contribution in [-0.4, -0.2) is 85.1 Å². The number of benzene rings is 1. The minimum Gasteiger partial charge on any atom is -0.497 e. The number of sulfone groups is 1. The maximum absolute atomic E-state index is 12.0. The van der Waals surface area contributed by atoms with E-state index in [0.29, 0.717) is 18.1 Å². The molecule has 0 bridgehead atoms. The van der Waals surface area contributed by atoms with Crippen molar-refractivity contribution in [3.8, 4) is 5.75 Å². The summed E-state index contributed by atoms with van der Waals surface area (Å²) in [6.45, 7) is -0.497. The minimum atomic E-state index is -3.11. The van der Waals surface area contributed by atoms with Crippen molar-refractivity contribution in [2.24, 2.45) is 4.99 Å². The van der Waals surface area contributed by atoms with E-state index in [1.807, 2.05) is 29.2 Å². The Morgan fingerprint density at radius 3 is 2.62 bits per heavy atom. The topological polar surface area (TPSA) is 123 Å². The molecule has 3 rings (SSSR count). The molecule has 158 valence electrons. The number of amidine groups is 1. The quantitative estimate of drug-likeness (QED) is 0.611. The highest BCUT2D eigenvalue weighted by atomic mass is 32.2. The predicted molar refractivity (Wildman–Crippen MR) is 108 cm³/mol. The second kappa shape index (κ2) is 9.14. The van der Waals surface area contributed by atoms with Gasteiger partial charge in [-0.05, 0) is 24.1 Å². The van der Waals surface area contributed by atoms with E-state index >= 15 is 0 Å². The zero-order valence-corrected chi connectivity index (χ0v) is 17.4. The van der Waals surface area contributed by atoms with Crippen molar-refractivity contribution in [3.05, 3.63) is 29.8 Å². The minimum absolute atomic E-state index is 0.0377. The van der Waals surface area contributed by atoms with Gasteiger partial charge in [-0.3, -0.25) is 4.79 Å². The number of carboxylic acid groups (broad SMARTS) is 1. The van der Waals surface area contributed by atoms with Crippen LogP contribution in [0.15, 0.2) is 29.3 Å². The molecule has 2 heterocycles. The van der Waals surface area contributed by atoms with Gasteiger partial charge in [0.1, 0.15) is 19.0 Å². The second-order valence-corrected chi connectivity index (χ2v) is 10.1. The number of amides is 1. The molecule has 0 radical (unpaired) electrons. The molecule has 2 aliphatic rings. The summed E-state index contributed by atoms with van der Waals surface area (Å²) < 4.78 is 34.0. The van der Waals surface area contributed by atoms with Crippen LogP contribution >= 0.6 is 11.8 Å². The fourth-order valence-corrected chi connectivity index (χ4v) is 7.30. The Morgan fingerprint density at radius 1 is 1.24 bits per heavy atom. The van der Waals surface area contributed by atoms with E-state index < -0.39 is 34.9 Å². The lowest BCUT2D eigenvalue weighted by Crippen LogP contribution is -2.39. The summed E-state index contributed by atoms with van der Waals surface area (Å²) in [7, 11) is -1.52. The Bertz CT molecular complexity index is 899. The van der Waals surface area contributed by atoms with E-state index in [4.69, 9.17) is 14.6 Å². The van der Waals surface area contributed by atoms with Gasteiger partial charge in [-0.15, -0.1) is 0 Å². The Balaban J connectivity index is 1.70. The van der Waals surface area contributed by atoms with Crippen LogP contribution in [0.4, 0.5) is 0 Å². The van der Waals surface area contributed by atoms with Crippen molar-refractivity contribution in [1.82, 2.24) is 4.90 Å². The molecule has 0 aliphatic carbocycles. The number of nitrogens with zero attached hydrogens (tertiary/aromatic N) is 2. The van der Waals surface area contributed by atoms with Crippen LogP contribution in [0.3, 0.4) is 0 Å². The van der Waals surface area contributed by atoms with Gasteiger partial charge < -0.3 is 19.5 Å². The largest absolute Gasteiger partial charge is 0.497 e. The number of carbonyl (C=O) groups is 2. The van der Waals surface area contributed by atoms with Gasteiger partial charge in [-0.1, -0.05) is 23.9 Å². The number of thioether (sulfide) groups is 1. The molecule has 2 saturated heterocycles. The van der Waals surface area contributed by atoms with Gasteiger partial charge in [0.25, 0.3) is 5.91 Å². The molecular formula is C18H22N2O7S2. The van der Waals surface area contributed by atoms with E-state index in [1.54, 1.807) is 7.11 Å². The van der Waals surface area contributed by atoms with Crippen LogP contribution in [0.1, 0.15) is 5.56 Å². The number of ether oxygens (including phenoxy) is 2. The monoisotopic (exact) mass is 442 g/mol. The van der Waals surface area contributed by atoms with Crippen LogP contribution in [0, 0.1) is 0 Å². The third kappa shape index (κ3) is 5.71. The Morgan fingerprint density at radius 2 is 1.97 bits per heavy atom. The predicted octanol–water partition coefficient (Wildman–Crippen LogP) is 0.436. The molecule has 2 fully saturated rings. The van der Waals surface area contributed by atoms with E-state index in [2.05, 4.69) is 4.99 Å². The third-order valence-corrected chi connectivity index (χ3v) is 7.89. The van der Waals surface area contributed by atoms with E-state index in [0.717, 1.165) is 11.3 Å². The normalized spacial score (nSPS) is 23.9. The fraction of sp³-hybridized carbons (Fsp3) is 0.500. The fourth-order valence-electron chi connectivity index (χ4n) is 3.30. The first kappa shape index (κ1) is 21.6. The number of hydrogen-bond acceptors (Lipinski definition) is 7. The lowest BCUT2D eigenvalue weighted by atomic mass is 10.1. The summed E-state index contributed by atoms with van der Waals surface area (Å²) in [6.07, 6.45) is 0.649. The van der Waals surface area contributed by atoms with Crippen LogP contribution < -0.4 is 4.74 Å². The summed E-state index contributed by atoms with van der Waals surface area (Å²) >= 11 is 1.29. The molecule has 0 aromatic heterocycles. The average molecular weight is 443 g/mol. The second-order valence-electron chi connectivity index (χ2n) is 6.77. The SMILES string of the molecule is COc1ccc(CCN2C(=NC(=O)COCC(=O)O)SC3CS(=O)(=O)CC32)cc1. The molecule has 2 aliphatic heterocycles. The molecule has 1 aromatic carbocycles. The average Bonchev–Trinajstić information content (AvgIpc) is 3.11. The summed E-state index contributed by atoms with van der Waals surface area (Å²) in [6, 6.07) is 7.36. The molecule has 11 heteroatoms. The van der Waals surface area contributed by atoms with Crippen molar-refractivity contribution in [2.75, 3.05) is 38.4 Å². The number of aliphatic imine (C=N–C) groups is 1. The van der Waals surface area contributed by atoms with Crippen LogP contribution in [0.5, 0.6) is 5.75 Å². The van der Waals surface area contributed by atoms with Gasteiger partial charge in [0.15, 0.2) is 15.0 Å². The smallest absolute Gasteiger partial charge is 0.329 e. The van der Waals surface area contributed by atoms with Gasteiger partial charge in [0.05, 0.1) is 24.7 Å². The number of carboxylic acids is 1. The van der Waals surface area contributed by atoms with Crippen molar-refractivity contribution in [1.29, 1.82) is 0 Å². The number of fused-ring (bicyclic) bond motifs is 1. The third-order valence-electron chi connectivity index (χ3n) is 4.65. The molecule has 2 unspecified atom stereocenters. The van der Waals surface area contributed by atoms with Gasteiger partial charge in [0, 0.05) is 11.8 Å². The summed E-state index contributed by atoms with van der Waals surface area (Å²) in [5, 5.41) is 8.87. The van der Waals surface area contributed by atoms with Crippen molar-refractivity contribution in [3.63, 3.8) is 0 Å². The maximum Gasteiger partial charge on any atom is 0.329 e. The molecular weight excluding hydrogens is 420 g/mol. The first-order valence-corrected chi connectivity index (χ1v) is 11.7. The first-order chi connectivity index (χ1) is 13.8. The Labute approximate surface area is 173 Å². The number of aliphatic carboxylic acids is 1. The summed E-state index contributed by atoms with van der Waals surface area (Å²) in [4.78, 5) is 28.5. The molecule has 9 nitrogen and oxygen atoms in total. The lowest BCUT2D eigenvalue weighted by molar-refractivity contribution is -0.143. The molecule has 1 N–H and O–H groups in total. The maximum atomic E-state index is 12.0. The highest BCUT2D eigenvalue weighted by molar-refractivity contribution is 8.15. The van der Waals surface area contributed by atoms with Crippen LogP contribution in [0.2, 0.25) is 0 Å². The first-order valence-electron chi connectivity index (χ1n) is 8.95. The molecule has 1 aromatic rings. The van der Waals surface area contributed by atoms with Crippen molar-refractivity contribution < 1.29 is 32.6 Å². The number of hydrogen-bond donors (Lipinski definition) is 1. The zero-order valence-electron chi connectivity index (χ0n) is 15.8. The Hall–Kier alpha value is -2.11. The highest BCUT2D eigenvalue weighted by Gasteiger charge is 2.48. The summed E-state index contributed by atoms with van der Waals surface area (Å²) in [5.41, 5.74) is 1.05. The number of methoxy groups -OCH3 is 1. The van der Waals surface area contributed by atoms with Gasteiger partial charge in [0.2, 0.25) is 0 Å². The molecule has 2 atom stereocenters. The molecule has 1 amide bonds. The summed E-state index contributed by atoms with van der Waals surface area (Å²) in [5.74, 6) is -0.908. The number of carbonyl (C=O) groups excluding carboxylic acids is 1. The Kier molecular flexibility index (Phi) is 6.81. The van der Waals surface area contributed by atoms with E-state index in [-0.39, 0.29) is 22.8 Å². The lowest BCUT2D eigenvalue weighted by Gasteiger charge is -2.24. The van der Waals surface area contributed by atoms with Crippen molar-refractivity contribution >= 4 is 38.6 Å². The van der Waals surface area contributed by atoms with Crippen molar-refractivity contribution in [2.45, 2.75) is 17.7 Å². The molecule has 0 saturated carbocycles. The van der Waals surface area contributed by atoms with Crippen LogP contribution in [0.25, 0.3) is 0 Å². The highest BCUT2D eigenvalue weighted by Crippen LogP contribution is 2.38. The number of rotatable bonds is 8. The van der Waals surface area contributed by atoms with Gasteiger partial charge in [-0.2, -0.15) is 4.99 Å². The van der Waals surface area contributed by atoms with Gasteiger partial charge >= 0.3 is 5.97 Å². The van der Waals surface area contributed by atoms with E-state index in [1.165, 1.54) is 11.8 Å². The van der Waals surface area contributed by atoms with E-state index in [9.17, 15) is 18.0 Å². The standard InChI is InChI=1S/C18H22N2O7S2/c1-26-13-4-2-12(3-5-13)6-7-20-14-10-29(24,25)11-15(14)28-18(20)19-16(21)8-27-9-17(22)23/h2-5,14-15H,6-11H2,1H3,(H,22,23). The molecule has 29 heavy (non-hydrogen) atoms. The zero-order chi connectivity index (χ0) is 21.0. The van der Waals surface area contributed by atoms with Crippen LogP contribution in [-0.2, 0) is 30.6 Å².